The molecule has 1 aromatic carbocycles. The lowest BCUT2D eigenvalue weighted by molar-refractivity contribution is 0.601. The zero-order valence-electron chi connectivity index (χ0n) is 7.90. The second kappa shape index (κ2) is 3.51. The minimum Gasteiger partial charge on any atom is -0.443 e. The average molecular weight is 186 g/mol. The van der Waals surface area contributed by atoms with Gasteiger partial charge in [0.05, 0.1) is 12.0 Å². The summed E-state index contributed by atoms with van der Waals surface area (Å²) in [7, 11) is 0. The summed E-state index contributed by atoms with van der Waals surface area (Å²) < 4.78 is 5.18. The molecule has 0 aliphatic heterocycles. The third-order valence-electron chi connectivity index (χ3n) is 2.32. The number of rotatable bonds is 2. The molecule has 0 saturated carbocycles. The number of aromatic nitrogens is 1. The Bertz CT molecular complexity index is 481. The van der Waals surface area contributed by atoms with Crippen LogP contribution in [0, 0.1) is 11.3 Å². The smallest absolute Gasteiger partial charge is 0.181 e. The Kier molecular flexibility index (Phi) is 2.19. The molecule has 0 fully saturated rings. The molecule has 2 aromatic rings. The minimum atomic E-state index is -0.0514. The Balaban J connectivity index is 2.48. The highest BCUT2D eigenvalue weighted by Crippen LogP contribution is 2.22. The van der Waals surface area contributed by atoms with Crippen LogP contribution >= 0.6 is 0 Å². The maximum Gasteiger partial charge on any atom is 0.181 e. The van der Waals surface area contributed by atoms with Crippen LogP contribution in [0.3, 0.4) is 0 Å². The van der Waals surface area contributed by atoms with Crippen LogP contribution in [0.15, 0.2) is 29.0 Å². The lowest BCUT2D eigenvalue weighted by atomic mass is 9.98. The summed E-state index contributed by atoms with van der Waals surface area (Å²) in [6.07, 6.45) is 2.23. The van der Waals surface area contributed by atoms with Gasteiger partial charge < -0.3 is 4.42 Å². The van der Waals surface area contributed by atoms with E-state index >= 15 is 0 Å². The molecule has 70 valence electrons. The first-order valence-corrected chi connectivity index (χ1v) is 4.58. The Morgan fingerprint density at radius 1 is 1.57 bits per heavy atom. The quantitative estimate of drug-likeness (QED) is 0.724. The molecule has 1 atom stereocenters. The number of nitriles is 1. The number of hydrogen-bond donors (Lipinski definition) is 0. The van der Waals surface area contributed by atoms with Crippen molar-refractivity contribution in [2.24, 2.45) is 0 Å². The van der Waals surface area contributed by atoms with Gasteiger partial charge in [0.25, 0.3) is 0 Å². The second-order valence-corrected chi connectivity index (χ2v) is 3.17. The zero-order valence-corrected chi connectivity index (χ0v) is 7.90. The summed E-state index contributed by atoms with van der Waals surface area (Å²) in [4.78, 5) is 4.02. The van der Waals surface area contributed by atoms with Crippen LogP contribution in [-0.4, -0.2) is 4.98 Å². The molecule has 0 radical (unpaired) electrons. The fraction of sp³-hybridized carbons (Fsp3) is 0.273. The molecule has 0 N–H and O–H groups in total. The van der Waals surface area contributed by atoms with Gasteiger partial charge in [-0.25, -0.2) is 4.98 Å². The maximum absolute atomic E-state index is 8.91. The van der Waals surface area contributed by atoms with E-state index in [0.717, 1.165) is 23.1 Å². The van der Waals surface area contributed by atoms with Crippen LogP contribution < -0.4 is 0 Å². The number of hydrogen-bond acceptors (Lipinski definition) is 3. The number of oxazole rings is 1. The van der Waals surface area contributed by atoms with Crippen molar-refractivity contribution in [2.75, 3.05) is 0 Å². The van der Waals surface area contributed by atoms with E-state index in [-0.39, 0.29) is 5.92 Å². The molecular formula is C11H10N2O. The van der Waals surface area contributed by atoms with Crippen molar-refractivity contribution in [3.63, 3.8) is 0 Å². The van der Waals surface area contributed by atoms with Crippen LogP contribution in [0.2, 0.25) is 0 Å². The van der Waals surface area contributed by atoms with Gasteiger partial charge in [-0.3, -0.25) is 0 Å². The average Bonchev–Trinajstić information content (AvgIpc) is 2.66. The molecule has 0 bridgehead atoms. The zero-order chi connectivity index (χ0) is 9.97. The molecule has 14 heavy (non-hydrogen) atoms. The van der Waals surface area contributed by atoms with Crippen molar-refractivity contribution >= 4 is 11.1 Å². The Hall–Kier alpha value is -1.82. The molecule has 1 heterocycles. The standard InChI is InChI=1S/C11H10N2O/c1-2-8(6-12)9-3-4-10-11(5-9)14-7-13-10/h3-5,7-8H,2H2,1H3. The van der Waals surface area contributed by atoms with Crippen molar-refractivity contribution < 1.29 is 4.42 Å². The lowest BCUT2D eigenvalue weighted by Crippen LogP contribution is -1.92. The summed E-state index contributed by atoms with van der Waals surface area (Å²) in [6.45, 7) is 2.00. The highest BCUT2D eigenvalue weighted by Gasteiger charge is 2.09. The van der Waals surface area contributed by atoms with E-state index < -0.39 is 0 Å². The van der Waals surface area contributed by atoms with Crippen LogP contribution in [-0.2, 0) is 0 Å². The van der Waals surface area contributed by atoms with Gasteiger partial charge in [0.1, 0.15) is 5.52 Å². The van der Waals surface area contributed by atoms with Crippen LogP contribution in [0.5, 0.6) is 0 Å². The lowest BCUT2D eigenvalue weighted by Gasteiger charge is -2.04. The van der Waals surface area contributed by atoms with Gasteiger partial charge in [-0.05, 0) is 24.1 Å². The van der Waals surface area contributed by atoms with Gasteiger partial charge in [0.2, 0.25) is 0 Å². The number of benzene rings is 1. The first kappa shape index (κ1) is 8.76. The Morgan fingerprint density at radius 3 is 3.14 bits per heavy atom. The van der Waals surface area contributed by atoms with Gasteiger partial charge in [-0.2, -0.15) is 5.26 Å². The molecular weight excluding hydrogens is 176 g/mol. The van der Waals surface area contributed by atoms with Crippen LogP contribution in [0.1, 0.15) is 24.8 Å². The molecule has 3 nitrogen and oxygen atoms in total. The number of fused-ring (bicyclic) bond motifs is 1. The summed E-state index contributed by atoms with van der Waals surface area (Å²) in [5.41, 5.74) is 2.58. The highest BCUT2D eigenvalue weighted by molar-refractivity contribution is 5.73. The van der Waals surface area contributed by atoms with Gasteiger partial charge >= 0.3 is 0 Å². The third-order valence-corrected chi connectivity index (χ3v) is 2.32. The van der Waals surface area contributed by atoms with Crippen molar-refractivity contribution in [3.8, 4) is 6.07 Å². The normalized spacial score (nSPS) is 12.6. The summed E-state index contributed by atoms with van der Waals surface area (Å²) in [5, 5.41) is 8.91. The largest absolute Gasteiger partial charge is 0.443 e. The summed E-state index contributed by atoms with van der Waals surface area (Å²) >= 11 is 0. The molecule has 0 aliphatic carbocycles. The predicted molar refractivity (Wildman–Crippen MR) is 52.7 cm³/mol. The van der Waals surface area contributed by atoms with Gasteiger partial charge in [0, 0.05) is 0 Å². The van der Waals surface area contributed by atoms with E-state index in [9.17, 15) is 0 Å². The predicted octanol–water partition coefficient (Wildman–Crippen LogP) is 2.84. The van der Waals surface area contributed by atoms with E-state index in [2.05, 4.69) is 11.1 Å². The fourth-order valence-electron chi connectivity index (χ4n) is 1.49. The molecule has 0 aliphatic rings. The minimum absolute atomic E-state index is 0.0514. The van der Waals surface area contributed by atoms with E-state index in [1.54, 1.807) is 0 Å². The first-order valence-electron chi connectivity index (χ1n) is 4.58. The van der Waals surface area contributed by atoms with E-state index in [1.807, 2.05) is 25.1 Å². The van der Waals surface area contributed by atoms with Crippen LogP contribution in [0.4, 0.5) is 0 Å². The fourth-order valence-corrected chi connectivity index (χ4v) is 1.49. The van der Waals surface area contributed by atoms with E-state index in [0.29, 0.717) is 0 Å². The Morgan fingerprint density at radius 2 is 2.43 bits per heavy atom. The van der Waals surface area contributed by atoms with Crippen molar-refractivity contribution in [1.29, 1.82) is 5.26 Å². The highest BCUT2D eigenvalue weighted by atomic mass is 16.3. The summed E-state index contributed by atoms with van der Waals surface area (Å²) in [5.74, 6) is -0.0514. The molecule has 3 heteroatoms. The maximum atomic E-state index is 8.91. The van der Waals surface area contributed by atoms with Gasteiger partial charge in [-0.15, -0.1) is 0 Å². The first-order chi connectivity index (χ1) is 6.85. The Labute approximate surface area is 82.0 Å². The molecule has 0 saturated heterocycles. The third kappa shape index (κ3) is 1.35. The molecule has 1 unspecified atom stereocenters. The molecule has 0 spiro atoms. The van der Waals surface area contributed by atoms with Crippen molar-refractivity contribution in [2.45, 2.75) is 19.3 Å². The molecule has 0 amide bonds. The summed E-state index contributed by atoms with van der Waals surface area (Å²) in [6, 6.07) is 7.97. The second-order valence-electron chi connectivity index (χ2n) is 3.17. The molecule has 2 rings (SSSR count). The van der Waals surface area contributed by atoms with Crippen LogP contribution in [0.25, 0.3) is 11.1 Å². The van der Waals surface area contributed by atoms with E-state index in [4.69, 9.17) is 9.68 Å². The topological polar surface area (TPSA) is 49.8 Å². The monoisotopic (exact) mass is 186 g/mol. The molecule has 1 aromatic heterocycles. The SMILES string of the molecule is CCC(C#N)c1ccc2ncoc2c1. The van der Waals surface area contributed by atoms with Gasteiger partial charge in [0.15, 0.2) is 12.0 Å². The van der Waals surface area contributed by atoms with Gasteiger partial charge in [-0.1, -0.05) is 13.0 Å². The van der Waals surface area contributed by atoms with E-state index in [1.165, 1.54) is 6.39 Å². The van der Waals surface area contributed by atoms with Crippen molar-refractivity contribution in [1.82, 2.24) is 4.98 Å². The number of nitrogens with zero attached hydrogens (tertiary/aromatic N) is 2. The van der Waals surface area contributed by atoms with Crippen molar-refractivity contribution in [3.05, 3.63) is 30.2 Å².